The first-order chi connectivity index (χ1) is 11.9. The Bertz CT molecular complexity index is 678. The van der Waals surface area contributed by atoms with Crippen molar-refractivity contribution in [2.75, 3.05) is 6.61 Å². The van der Waals surface area contributed by atoms with Crippen molar-refractivity contribution in [3.63, 3.8) is 0 Å². The normalized spacial score (nSPS) is 22.2. The molecular formula is C18H23N3O4. The number of rotatable bonds is 5. The van der Waals surface area contributed by atoms with E-state index in [0.717, 1.165) is 24.0 Å². The number of urea groups is 1. The van der Waals surface area contributed by atoms with Gasteiger partial charge in [0.2, 0.25) is 5.91 Å². The Morgan fingerprint density at radius 1 is 1.28 bits per heavy atom. The van der Waals surface area contributed by atoms with Gasteiger partial charge in [0.05, 0.1) is 6.54 Å². The highest BCUT2D eigenvalue weighted by Crippen LogP contribution is 2.19. The zero-order chi connectivity index (χ0) is 18.0. The third kappa shape index (κ3) is 3.82. The first-order valence-electron chi connectivity index (χ1n) is 8.48. The number of benzene rings is 1. The Hall–Kier alpha value is -2.41. The summed E-state index contributed by atoms with van der Waals surface area (Å²) in [7, 11) is 0. The van der Waals surface area contributed by atoms with E-state index in [2.05, 4.69) is 10.6 Å². The van der Waals surface area contributed by atoms with Crippen LogP contribution in [0.1, 0.15) is 37.8 Å². The highest BCUT2D eigenvalue weighted by atomic mass is 16.5. The van der Waals surface area contributed by atoms with Crippen molar-refractivity contribution in [3.05, 3.63) is 35.4 Å². The predicted octanol–water partition coefficient (Wildman–Crippen LogP) is 1.31. The molecule has 2 saturated heterocycles. The van der Waals surface area contributed by atoms with Gasteiger partial charge in [0.25, 0.3) is 5.91 Å². The molecule has 0 radical (unpaired) electrons. The molecule has 3 rings (SSSR count). The molecule has 4 amide bonds. The lowest BCUT2D eigenvalue weighted by atomic mass is 10.1. The highest BCUT2D eigenvalue weighted by Gasteiger charge is 2.43. The summed E-state index contributed by atoms with van der Waals surface area (Å²) in [6.45, 7) is 4.68. The fraction of sp³-hybridized carbons (Fsp3) is 0.500. The predicted molar refractivity (Wildman–Crippen MR) is 90.4 cm³/mol. The molecule has 134 valence electrons. The lowest BCUT2D eigenvalue weighted by Gasteiger charge is -2.16. The molecular weight excluding hydrogens is 322 g/mol. The van der Waals surface area contributed by atoms with Crippen LogP contribution >= 0.6 is 0 Å². The summed E-state index contributed by atoms with van der Waals surface area (Å²) in [6, 6.07) is 7.12. The third-order valence-electron chi connectivity index (χ3n) is 4.50. The average Bonchev–Trinajstić information content (AvgIpc) is 3.17. The van der Waals surface area contributed by atoms with E-state index in [4.69, 9.17) is 4.74 Å². The number of imide groups is 1. The van der Waals surface area contributed by atoms with Gasteiger partial charge in [-0.15, -0.1) is 0 Å². The zero-order valence-corrected chi connectivity index (χ0v) is 14.5. The maximum absolute atomic E-state index is 12.2. The second-order valence-electron chi connectivity index (χ2n) is 6.98. The van der Waals surface area contributed by atoms with Crippen LogP contribution in [0, 0.1) is 0 Å². The summed E-state index contributed by atoms with van der Waals surface area (Å²) in [5.74, 6) is -0.312. The van der Waals surface area contributed by atoms with Gasteiger partial charge in [-0.25, -0.2) is 4.79 Å². The highest BCUT2D eigenvalue weighted by molar-refractivity contribution is 6.06. The molecule has 0 saturated carbocycles. The molecule has 2 aliphatic rings. The van der Waals surface area contributed by atoms with Crippen LogP contribution in [0.3, 0.4) is 0 Å². The van der Waals surface area contributed by atoms with Crippen molar-refractivity contribution in [3.8, 4) is 0 Å². The van der Waals surface area contributed by atoms with E-state index >= 15 is 0 Å². The minimum Gasteiger partial charge on any atom is -0.368 e. The van der Waals surface area contributed by atoms with E-state index in [-0.39, 0.29) is 30.5 Å². The number of carbonyl (C=O) groups is 3. The largest absolute Gasteiger partial charge is 0.368 e. The van der Waals surface area contributed by atoms with Crippen LogP contribution in [0.15, 0.2) is 24.3 Å². The van der Waals surface area contributed by atoms with Gasteiger partial charge in [-0.05, 0) is 37.8 Å². The summed E-state index contributed by atoms with van der Waals surface area (Å²) in [6.07, 6.45) is 1.36. The smallest absolute Gasteiger partial charge is 0.325 e. The summed E-state index contributed by atoms with van der Waals surface area (Å²) in [4.78, 5) is 37.2. The average molecular weight is 345 g/mol. The van der Waals surface area contributed by atoms with E-state index in [1.165, 1.54) is 4.90 Å². The van der Waals surface area contributed by atoms with E-state index < -0.39 is 5.54 Å². The lowest BCUT2D eigenvalue weighted by molar-refractivity contribution is -0.131. The molecule has 1 atom stereocenters. The number of carbonyl (C=O) groups excluding carboxylic acids is 3. The second kappa shape index (κ2) is 6.84. The maximum atomic E-state index is 12.2. The maximum Gasteiger partial charge on any atom is 0.325 e. The number of hydrogen-bond donors (Lipinski definition) is 2. The molecule has 0 spiro atoms. The number of hydrogen-bond acceptors (Lipinski definition) is 4. The Morgan fingerprint density at radius 2 is 1.96 bits per heavy atom. The van der Waals surface area contributed by atoms with E-state index in [0.29, 0.717) is 13.2 Å². The SMILES string of the molecule is CC1(C)NC(=O)N(Cc2ccc(CNC(=O)[C@H]3CCCO3)cc2)C1=O. The van der Waals surface area contributed by atoms with Gasteiger partial charge >= 0.3 is 6.03 Å². The van der Waals surface area contributed by atoms with Crippen molar-refractivity contribution in [1.29, 1.82) is 0 Å². The first-order valence-corrected chi connectivity index (χ1v) is 8.48. The number of nitrogens with one attached hydrogen (secondary N) is 2. The Labute approximate surface area is 146 Å². The fourth-order valence-electron chi connectivity index (χ4n) is 2.99. The molecule has 2 fully saturated rings. The molecule has 2 heterocycles. The zero-order valence-electron chi connectivity index (χ0n) is 14.5. The molecule has 1 aromatic rings. The molecule has 25 heavy (non-hydrogen) atoms. The van der Waals surface area contributed by atoms with Crippen LogP contribution in [0.25, 0.3) is 0 Å². The lowest BCUT2D eigenvalue weighted by Crippen LogP contribution is -2.40. The van der Waals surface area contributed by atoms with Crippen molar-refractivity contribution in [1.82, 2.24) is 15.5 Å². The van der Waals surface area contributed by atoms with Crippen LogP contribution < -0.4 is 10.6 Å². The van der Waals surface area contributed by atoms with Gasteiger partial charge in [0.15, 0.2) is 0 Å². The van der Waals surface area contributed by atoms with Gasteiger partial charge in [-0.1, -0.05) is 24.3 Å². The standard InChI is InChI=1S/C18H23N3O4/c1-18(2)16(23)21(17(24)20-18)11-13-7-5-12(6-8-13)10-19-15(22)14-4-3-9-25-14/h5-8,14H,3-4,9-11H2,1-2H3,(H,19,22)(H,20,24)/t14-/m1/s1. The molecule has 0 unspecified atom stereocenters. The summed E-state index contributed by atoms with van der Waals surface area (Å²) in [5.41, 5.74) is 0.951. The van der Waals surface area contributed by atoms with Crippen LogP contribution in [0.5, 0.6) is 0 Å². The van der Waals surface area contributed by atoms with Crippen LogP contribution in [-0.2, 0) is 27.4 Å². The van der Waals surface area contributed by atoms with Crippen molar-refractivity contribution >= 4 is 17.8 Å². The van der Waals surface area contributed by atoms with Crippen LogP contribution in [0.2, 0.25) is 0 Å². The van der Waals surface area contributed by atoms with Gasteiger partial charge in [0.1, 0.15) is 11.6 Å². The van der Waals surface area contributed by atoms with E-state index in [1.54, 1.807) is 13.8 Å². The summed E-state index contributed by atoms with van der Waals surface area (Å²) in [5, 5.41) is 5.53. The molecule has 0 bridgehead atoms. The molecule has 7 heteroatoms. The Balaban J connectivity index is 1.54. The Kier molecular flexibility index (Phi) is 4.76. The Morgan fingerprint density at radius 3 is 2.52 bits per heavy atom. The minimum absolute atomic E-state index is 0.0804. The summed E-state index contributed by atoms with van der Waals surface area (Å²) < 4.78 is 5.35. The van der Waals surface area contributed by atoms with Crippen LogP contribution in [-0.4, -0.2) is 41.0 Å². The molecule has 1 aromatic carbocycles. The topological polar surface area (TPSA) is 87.7 Å². The van der Waals surface area contributed by atoms with Gasteiger partial charge in [-0.3, -0.25) is 14.5 Å². The quantitative estimate of drug-likeness (QED) is 0.788. The fourth-order valence-corrected chi connectivity index (χ4v) is 2.99. The molecule has 2 N–H and O–H groups in total. The van der Waals surface area contributed by atoms with E-state index in [9.17, 15) is 14.4 Å². The molecule has 0 aliphatic carbocycles. The van der Waals surface area contributed by atoms with Gasteiger partial charge in [-0.2, -0.15) is 0 Å². The molecule has 7 nitrogen and oxygen atoms in total. The molecule has 2 aliphatic heterocycles. The summed E-state index contributed by atoms with van der Waals surface area (Å²) >= 11 is 0. The second-order valence-corrected chi connectivity index (χ2v) is 6.98. The third-order valence-corrected chi connectivity index (χ3v) is 4.50. The van der Waals surface area contributed by atoms with E-state index in [1.807, 2.05) is 24.3 Å². The first kappa shape index (κ1) is 17.4. The number of nitrogens with zero attached hydrogens (tertiary/aromatic N) is 1. The van der Waals surface area contributed by atoms with Crippen LogP contribution in [0.4, 0.5) is 4.79 Å². The minimum atomic E-state index is -0.858. The van der Waals surface area contributed by atoms with Crippen molar-refractivity contribution in [2.24, 2.45) is 0 Å². The molecule has 0 aromatic heterocycles. The van der Waals surface area contributed by atoms with Crippen molar-refractivity contribution < 1.29 is 19.1 Å². The van der Waals surface area contributed by atoms with Crippen molar-refractivity contribution in [2.45, 2.75) is 51.4 Å². The van der Waals surface area contributed by atoms with Gasteiger partial charge in [0, 0.05) is 13.2 Å². The number of amides is 4. The monoisotopic (exact) mass is 345 g/mol. The van der Waals surface area contributed by atoms with Gasteiger partial charge < -0.3 is 15.4 Å². The number of ether oxygens (including phenoxy) is 1.